The molecular weight excluding hydrogens is 332 g/mol. The van der Waals surface area contributed by atoms with Gasteiger partial charge in [-0.2, -0.15) is 8.42 Å². The van der Waals surface area contributed by atoms with Gasteiger partial charge in [-0.25, -0.2) is 0 Å². The van der Waals surface area contributed by atoms with Crippen LogP contribution in [-0.4, -0.2) is 36.1 Å². The molecule has 3 N–H and O–H groups in total. The number of benzene rings is 1. The van der Waals surface area contributed by atoms with E-state index in [-0.39, 0.29) is 0 Å². The lowest BCUT2D eigenvalue weighted by atomic mass is 9.96. The third kappa shape index (κ3) is 4.38. The summed E-state index contributed by atoms with van der Waals surface area (Å²) in [6.07, 6.45) is 3.88. The average Bonchev–Trinajstić information content (AvgIpc) is 2.81. The molecule has 1 aromatic heterocycles. The highest BCUT2D eigenvalue weighted by molar-refractivity contribution is 7.99. The van der Waals surface area contributed by atoms with Crippen molar-refractivity contribution in [3.63, 3.8) is 0 Å². The van der Waals surface area contributed by atoms with Gasteiger partial charge < -0.3 is 10.3 Å². The van der Waals surface area contributed by atoms with Crippen molar-refractivity contribution >= 4 is 32.8 Å². The summed E-state index contributed by atoms with van der Waals surface area (Å²) in [5.74, 6) is 1.68. The monoisotopic (exact) mass is 354 g/mol. The Balaban J connectivity index is 0.000000338. The molecule has 2 heterocycles. The predicted octanol–water partition coefficient (Wildman–Crippen LogP) is 2.87. The Kier molecular flexibility index (Phi) is 5.91. The summed E-state index contributed by atoms with van der Waals surface area (Å²) in [6.45, 7) is 5.50. The van der Waals surface area contributed by atoms with Crippen molar-refractivity contribution in [2.75, 3.05) is 18.6 Å². The summed E-state index contributed by atoms with van der Waals surface area (Å²) in [6, 6.07) is 8.65. The van der Waals surface area contributed by atoms with Crippen LogP contribution in [0.1, 0.15) is 17.9 Å². The van der Waals surface area contributed by atoms with Crippen molar-refractivity contribution in [1.82, 2.24) is 4.57 Å². The molecule has 1 atom stereocenters. The Bertz CT molecular complexity index is 789. The summed E-state index contributed by atoms with van der Waals surface area (Å²) < 4.78 is 28.2. The highest BCUT2D eigenvalue weighted by Gasteiger charge is 2.26. The summed E-state index contributed by atoms with van der Waals surface area (Å²) >= 11 is 1.96. The minimum atomic E-state index is -3.67. The zero-order valence-electron chi connectivity index (χ0n) is 13.1. The van der Waals surface area contributed by atoms with Crippen LogP contribution in [0, 0.1) is 0 Å². The minimum Gasteiger partial charge on any atom is -0.332 e. The topological polar surface area (TPSA) is 85.3 Å². The van der Waals surface area contributed by atoms with Gasteiger partial charge in [0.05, 0.1) is 11.3 Å². The van der Waals surface area contributed by atoms with Gasteiger partial charge in [0.2, 0.25) is 0 Å². The quantitative estimate of drug-likeness (QED) is 0.654. The van der Waals surface area contributed by atoms with Crippen LogP contribution in [0.2, 0.25) is 0 Å². The Hall–Kier alpha value is -1.28. The Morgan fingerprint density at radius 2 is 2.13 bits per heavy atom. The first kappa shape index (κ1) is 18.1. The maximum atomic E-state index is 9.19. The van der Waals surface area contributed by atoms with Crippen LogP contribution in [-0.2, 0) is 16.7 Å². The van der Waals surface area contributed by atoms with Gasteiger partial charge in [0.15, 0.2) is 0 Å². The van der Waals surface area contributed by atoms with Crippen LogP contribution in [0.5, 0.6) is 0 Å². The van der Waals surface area contributed by atoms with E-state index in [9.17, 15) is 8.42 Å². The molecule has 23 heavy (non-hydrogen) atoms. The number of thioether (sulfide) groups is 1. The first-order chi connectivity index (χ1) is 10.9. The van der Waals surface area contributed by atoms with Crippen LogP contribution in [0.25, 0.3) is 10.9 Å². The van der Waals surface area contributed by atoms with Crippen LogP contribution < -0.4 is 5.73 Å². The van der Waals surface area contributed by atoms with E-state index in [2.05, 4.69) is 35.4 Å². The summed E-state index contributed by atoms with van der Waals surface area (Å²) in [7, 11) is -3.67. The van der Waals surface area contributed by atoms with Gasteiger partial charge in [0.1, 0.15) is 0 Å². The second-order valence-corrected chi connectivity index (χ2v) is 7.99. The highest BCUT2D eigenvalue weighted by Crippen LogP contribution is 2.43. The zero-order valence-corrected chi connectivity index (χ0v) is 14.7. The van der Waals surface area contributed by atoms with Crippen molar-refractivity contribution in [2.45, 2.75) is 23.9 Å². The van der Waals surface area contributed by atoms with Gasteiger partial charge in [-0.1, -0.05) is 24.3 Å². The van der Waals surface area contributed by atoms with Crippen LogP contribution in [0.4, 0.5) is 0 Å². The smallest absolute Gasteiger partial charge is 0.261 e. The molecule has 0 saturated carbocycles. The molecule has 5 nitrogen and oxygen atoms in total. The van der Waals surface area contributed by atoms with Gasteiger partial charge in [-0.3, -0.25) is 4.55 Å². The van der Waals surface area contributed by atoms with Crippen molar-refractivity contribution in [3.05, 3.63) is 42.5 Å². The number of para-hydroxylation sites is 1. The number of hydrogen-bond donors (Lipinski definition) is 2. The largest absolute Gasteiger partial charge is 0.332 e. The highest BCUT2D eigenvalue weighted by atomic mass is 32.2. The second-order valence-electron chi connectivity index (χ2n) is 5.44. The Morgan fingerprint density at radius 3 is 2.74 bits per heavy atom. The molecule has 0 aliphatic carbocycles. The summed E-state index contributed by atoms with van der Waals surface area (Å²) in [4.78, 5) is 0. The molecule has 0 amide bonds. The lowest BCUT2D eigenvalue weighted by Crippen LogP contribution is -2.17. The summed E-state index contributed by atoms with van der Waals surface area (Å²) in [5, 5.41) is 2.77. The normalized spacial score (nSPS) is 17.3. The van der Waals surface area contributed by atoms with Crippen LogP contribution in [0.3, 0.4) is 0 Å². The van der Waals surface area contributed by atoms with Gasteiger partial charge in [0.25, 0.3) is 10.1 Å². The molecule has 0 radical (unpaired) electrons. The molecule has 0 spiro atoms. The van der Waals surface area contributed by atoms with Crippen molar-refractivity contribution < 1.29 is 13.0 Å². The minimum absolute atomic E-state index is 0.511. The lowest BCUT2D eigenvalue weighted by molar-refractivity contribution is 0.490. The van der Waals surface area contributed by atoms with Crippen LogP contribution in [0.15, 0.2) is 41.9 Å². The molecule has 1 aromatic carbocycles. The van der Waals surface area contributed by atoms with Gasteiger partial charge in [-0.05, 0) is 24.6 Å². The zero-order chi connectivity index (χ0) is 17.0. The number of rotatable bonds is 3. The first-order valence-electron chi connectivity index (χ1n) is 7.34. The van der Waals surface area contributed by atoms with Crippen molar-refractivity contribution in [1.29, 1.82) is 0 Å². The number of nitrogens with two attached hydrogens (primary N) is 1. The van der Waals surface area contributed by atoms with E-state index < -0.39 is 10.1 Å². The average molecular weight is 354 g/mol. The van der Waals surface area contributed by atoms with E-state index in [1.807, 2.05) is 17.8 Å². The van der Waals surface area contributed by atoms with Crippen LogP contribution >= 0.6 is 11.8 Å². The van der Waals surface area contributed by atoms with E-state index in [1.54, 1.807) is 0 Å². The van der Waals surface area contributed by atoms with E-state index >= 15 is 0 Å². The fraction of sp³-hybridized carbons (Fsp3) is 0.375. The third-order valence-corrected chi connectivity index (χ3v) is 4.82. The fourth-order valence-electron chi connectivity index (χ4n) is 2.85. The number of hydrogen-bond acceptors (Lipinski definition) is 4. The second kappa shape index (κ2) is 7.53. The van der Waals surface area contributed by atoms with E-state index in [1.165, 1.54) is 33.7 Å². The predicted molar refractivity (Wildman–Crippen MR) is 96.7 cm³/mol. The van der Waals surface area contributed by atoms with E-state index in [0.717, 1.165) is 13.1 Å². The number of allylic oxidation sites excluding steroid dienone is 1. The van der Waals surface area contributed by atoms with Crippen molar-refractivity contribution in [3.8, 4) is 0 Å². The standard InChI is InChI=1S/C15H18N2S.CH4O3S/c1-2-8-17-13-6-4-3-5-12(13)14-11(10-16)7-9-18-15(14)17;1-5(2,3)4/h2-6,11H,1,7-10,16H2;1H3,(H,2,3,4). The molecule has 3 rings (SSSR count). The van der Waals surface area contributed by atoms with E-state index in [0.29, 0.717) is 12.2 Å². The number of aromatic nitrogens is 1. The molecule has 1 aliphatic rings. The Morgan fingerprint density at radius 1 is 1.48 bits per heavy atom. The van der Waals surface area contributed by atoms with Gasteiger partial charge in [-0.15, -0.1) is 18.3 Å². The molecule has 0 bridgehead atoms. The number of nitrogens with zero attached hydrogens (tertiary/aromatic N) is 1. The molecule has 7 heteroatoms. The summed E-state index contributed by atoms with van der Waals surface area (Å²) in [5.41, 5.74) is 8.73. The maximum Gasteiger partial charge on any atom is 0.261 e. The van der Waals surface area contributed by atoms with E-state index in [4.69, 9.17) is 10.3 Å². The molecule has 0 saturated heterocycles. The molecule has 2 aromatic rings. The fourth-order valence-corrected chi connectivity index (χ4v) is 4.20. The molecule has 126 valence electrons. The third-order valence-electron chi connectivity index (χ3n) is 3.67. The Labute approximate surface area is 141 Å². The van der Waals surface area contributed by atoms with Gasteiger partial charge >= 0.3 is 0 Å². The number of fused-ring (bicyclic) bond motifs is 3. The van der Waals surface area contributed by atoms with Crippen molar-refractivity contribution in [2.24, 2.45) is 5.73 Å². The molecule has 1 aliphatic heterocycles. The lowest BCUT2D eigenvalue weighted by Gasteiger charge is -2.22. The first-order valence-corrected chi connectivity index (χ1v) is 10.2. The van der Waals surface area contributed by atoms with Gasteiger partial charge in [0, 0.05) is 29.1 Å². The molecule has 1 unspecified atom stereocenters. The molecule has 0 fully saturated rings. The SMILES string of the molecule is C=CCn1c2c(c3ccccc31)C(CN)CCS2.CS(=O)(=O)O. The molecular formula is C16H22N2O3S2. The maximum absolute atomic E-state index is 9.19.